The van der Waals surface area contributed by atoms with E-state index in [1.54, 1.807) is 13.8 Å². The number of nitrogens with one attached hydrogen (secondary N) is 8. The number of unbranched alkanes of at least 4 members (excludes halogenated alkanes) is 6. The first-order valence-corrected chi connectivity index (χ1v) is 23.0. The molecule has 21 N–H and O–H groups in total. The van der Waals surface area contributed by atoms with Gasteiger partial charge in [0.05, 0.1) is 12.2 Å². The number of carbonyl (C=O) groups excluding carboxylic acids is 8. The minimum atomic E-state index is -1.91. The molecule has 1 aliphatic rings. The molecule has 1 aliphatic heterocycles. The number of nitrogens with zero attached hydrogens (tertiary/aromatic N) is 1. The van der Waals surface area contributed by atoms with Crippen LogP contribution in [0.3, 0.4) is 0 Å². The van der Waals surface area contributed by atoms with Crippen LogP contribution >= 0.6 is 0 Å². The molecule has 0 spiro atoms. The summed E-state index contributed by atoms with van der Waals surface area (Å²) in [5.74, 6) is -8.29. The molecular weight excluding hydrogens is 877 g/mol. The highest BCUT2D eigenvalue weighted by Gasteiger charge is 2.38. The van der Waals surface area contributed by atoms with Crippen LogP contribution in [-0.2, 0) is 38.4 Å². The Morgan fingerprint density at radius 2 is 1.27 bits per heavy atom. The molecule has 8 amide bonds. The first kappa shape index (κ1) is 59.5. The second kappa shape index (κ2) is 32.3. The van der Waals surface area contributed by atoms with Gasteiger partial charge < -0.3 is 86.5 Å². The Hall–Kier alpha value is -5.47. The molecule has 0 aromatic rings. The van der Waals surface area contributed by atoms with Gasteiger partial charge in [-0.2, -0.15) is 0 Å². The normalized spacial score (nSPS) is 24.8. The minimum absolute atomic E-state index is 0.00738. The van der Waals surface area contributed by atoms with E-state index in [2.05, 4.69) is 54.5 Å². The maximum Gasteiger partial charge on any atom is 0.268 e. The molecule has 0 aromatic heterocycles. The van der Waals surface area contributed by atoms with Crippen molar-refractivity contribution in [2.24, 2.45) is 39.6 Å². The van der Waals surface area contributed by atoms with E-state index in [0.717, 1.165) is 38.5 Å². The third-order valence-corrected chi connectivity index (χ3v) is 10.7. The molecule has 1 rings (SSSR count). The molecule has 382 valence electrons. The smallest absolute Gasteiger partial charge is 0.268 e. The Balaban J connectivity index is 3.84. The molecule has 0 saturated carbocycles. The zero-order chi connectivity index (χ0) is 50.6. The number of hydrogen-bond donors (Lipinski definition) is 16. The molecule has 9 atom stereocenters. The van der Waals surface area contributed by atoms with E-state index in [9.17, 15) is 53.7 Å². The summed E-state index contributed by atoms with van der Waals surface area (Å²) in [6, 6.07) is -9.77. The molecule has 0 aromatic carbocycles. The maximum atomic E-state index is 14.0. The average molecular weight is 955 g/mol. The number of aliphatic hydroxyl groups excluding tert-OH is 3. The van der Waals surface area contributed by atoms with Crippen LogP contribution in [-0.4, -0.2) is 156 Å². The fourth-order valence-corrected chi connectivity index (χ4v) is 6.86. The Morgan fingerprint density at radius 3 is 1.84 bits per heavy atom. The SMILES string of the molecule is CC=C1NC(=O)C(NC(=O)CCCCCCCCC)C(O)CNC(=O)C(C(O)CN)NC(=O)C(C(O)CN)NC(=O)C(CCCN=C(N)N)NC(=O)C(CC(C)C)NC(=O)C(CCN)NC1=O. The first-order valence-electron chi connectivity index (χ1n) is 23.0. The van der Waals surface area contributed by atoms with Crippen LogP contribution < -0.4 is 71.2 Å². The van der Waals surface area contributed by atoms with E-state index >= 15 is 0 Å². The van der Waals surface area contributed by atoms with Gasteiger partial charge in [-0.15, -0.1) is 0 Å². The number of rotatable bonds is 21. The second-order valence-corrected chi connectivity index (χ2v) is 16.8. The van der Waals surface area contributed by atoms with Gasteiger partial charge in [0, 0.05) is 32.6 Å². The highest BCUT2D eigenvalue weighted by molar-refractivity contribution is 6.02. The number of amides is 8. The zero-order valence-corrected chi connectivity index (χ0v) is 39.3. The van der Waals surface area contributed by atoms with Gasteiger partial charge >= 0.3 is 0 Å². The van der Waals surface area contributed by atoms with E-state index in [-0.39, 0.29) is 57.1 Å². The molecule has 9 unspecified atom stereocenters. The lowest BCUT2D eigenvalue weighted by Gasteiger charge is -2.30. The second-order valence-electron chi connectivity index (χ2n) is 16.8. The number of aliphatic imine (C=N–C) groups is 1. The summed E-state index contributed by atoms with van der Waals surface area (Å²) in [5.41, 5.74) is 27.7. The van der Waals surface area contributed by atoms with Crippen LogP contribution in [0.5, 0.6) is 0 Å². The molecular formula is C42H78N14O11. The van der Waals surface area contributed by atoms with Crippen molar-refractivity contribution >= 4 is 53.2 Å². The predicted molar refractivity (Wildman–Crippen MR) is 248 cm³/mol. The zero-order valence-electron chi connectivity index (χ0n) is 39.3. The van der Waals surface area contributed by atoms with Crippen LogP contribution in [0, 0.1) is 5.92 Å². The topological polar surface area (TPSA) is 436 Å². The number of β-amino-alcohol motifs (C(OH)–C–C–N with tert-alkyl or cyclic N) is 1. The molecule has 25 nitrogen and oxygen atoms in total. The molecule has 1 heterocycles. The fourth-order valence-electron chi connectivity index (χ4n) is 6.86. The van der Waals surface area contributed by atoms with Crippen molar-refractivity contribution in [2.75, 3.05) is 32.7 Å². The van der Waals surface area contributed by atoms with Crippen LogP contribution in [0.25, 0.3) is 0 Å². The van der Waals surface area contributed by atoms with Crippen molar-refractivity contribution in [2.45, 2.75) is 159 Å². The number of nitrogens with two attached hydrogens (primary N) is 5. The third-order valence-electron chi connectivity index (χ3n) is 10.7. The number of allylic oxidation sites excluding steroid dienone is 1. The Morgan fingerprint density at radius 1 is 0.731 bits per heavy atom. The monoisotopic (exact) mass is 955 g/mol. The summed E-state index contributed by atoms with van der Waals surface area (Å²) >= 11 is 0. The van der Waals surface area contributed by atoms with Crippen molar-refractivity contribution < 1.29 is 53.7 Å². The van der Waals surface area contributed by atoms with Gasteiger partial charge in [-0.25, -0.2) is 0 Å². The molecule has 25 heteroatoms. The van der Waals surface area contributed by atoms with Crippen molar-refractivity contribution in [1.82, 2.24) is 42.5 Å². The average Bonchev–Trinajstić information content (AvgIpc) is 3.28. The maximum absolute atomic E-state index is 14.0. The van der Waals surface area contributed by atoms with Crippen molar-refractivity contribution in [3.63, 3.8) is 0 Å². The van der Waals surface area contributed by atoms with Gasteiger partial charge in [-0.05, 0) is 51.5 Å². The Kier molecular flexibility index (Phi) is 28.7. The van der Waals surface area contributed by atoms with E-state index in [4.69, 9.17) is 28.7 Å². The molecule has 1 fully saturated rings. The van der Waals surface area contributed by atoms with Gasteiger partial charge in [0.1, 0.15) is 48.1 Å². The summed E-state index contributed by atoms with van der Waals surface area (Å²) in [4.78, 5) is 114. The van der Waals surface area contributed by atoms with E-state index in [1.807, 2.05) is 0 Å². The lowest BCUT2D eigenvalue weighted by molar-refractivity contribution is -0.138. The van der Waals surface area contributed by atoms with Crippen LogP contribution in [0.15, 0.2) is 16.8 Å². The summed E-state index contributed by atoms with van der Waals surface area (Å²) in [7, 11) is 0. The number of aliphatic hydroxyl groups is 3. The summed E-state index contributed by atoms with van der Waals surface area (Å²) in [6.07, 6.45) is 1.79. The van der Waals surface area contributed by atoms with Crippen LogP contribution in [0.1, 0.15) is 105 Å². The van der Waals surface area contributed by atoms with Gasteiger partial charge in [-0.1, -0.05) is 65.4 Å². The predicted octanol–water partition coefficient (Wildman–Crippen LogP) is -5.37. The van der Waals surface area contributed by atoms with E-state index < -0.39 is 127 Å². The number of hydrogen-bond acceptors (Lipinski definition) is 15. The largest absolute Gasteiger partial charge is 0.389 e. The minimum Gasteiger partial charge on any atom is -0.389 e. The Bertz CT molecular complexity index is 1680. The van der Waals surface area contributed by atoms with E-state index in [0.29, 0.717) is 6.42 Å². The lowest BCUT2D eigenvalue weighted by atomic mass is 10.0. The van der Waals surface area contributed by atoms with Gasteiger partial charge in [-0.3, -0.25) is 43.3 Å². The molecule has 0 bridgehead atoms. The van der Waals surface area contributed by atoms with Gasteiger partial charge in [0.2, 0.25) is 41.4 Å². The fraction of sp³-hybridized carbons (Fsp3) is 0.738. The summed E-state index contributed by atoms with van der Waals surface area (Å²) in [6.45, 7) is 4.92. The van der Waals surface area contributed by atoms with Gasteiger partial charge in [0.25, 0.3) is 5.91 Å². The highest BCUT2D eigenvalue weighted by atomic mass is 16.3. The summed E-state index contributed by atoms with van der Waals surface area (Å²) in [5, 5.41) is 52.4. The summed E-state index contributed by atoms with van der Waals surface area (Å²) < 4.78 is 0. The Labute approximate surface area is 392 Å². The first-order chi connectivity index (χ1) is 31.7. The third kappa shape index (κ3) is 22.3. The highest BCUT2D eigenvalue weighted by Crippen LogP contribution is 2.11. The van der Waals surface area contributed by atoms with E-state index in [1.165, 1.54) is 13.0 Å². The number of carbonyl (C=O) groups is 8. The van der Waals surface area contributed by atoms with Crippen LogP contribution in [0.4, 0.5) is 0 Å². The van der Waals surface area contributed by atoms with Crippen molar-refractivity contribution in [3.8, 4) is 0 Å². The lowest BCUT2D eigenvalue weighted by Crippen LogP contribution is -2.64. The molecule has 67 heavy (non-hydrogen) atoms. The standard InChI is InChI=1S/C42H78N14O11/c1-5-7-8-9-10-11-12-15-31(60)54-34-30(59)22-49-39(65)32(28(57)20-44)56-41(67)33(29(58)21-45)55-37(63)25(14-13-18-48-42(46)47)51-38(64)27(19-23(3)4)53-36(62)26(16-17-43)52-35(61)24(6-2)50-40(34)66/h6,23,25-30,32-34,57-59H,5,7-22,43-45H2,1-4H3,(H,49,65)(H,50,66)(H,51,64)(H,52,61)(H,53,62)(H,54,60)(H,55,63)(H,56,67)(H4,46,47,48). The van der Waals surface area contributed by atoms with Crippen molar-refractivity contribution in [3.05, 3.63) is 11.8 Å². The molecule has 0 radical (unpaired) electrons. The molecule has 0 aliphatic carbocycles. The van der Waals surface area contributed by atoms with Gasteiger partial charge in [0.15, 0.2) is 5.96 Å². The van der Waals surface area contributed by atoms with Crippen LogP contribution in [0.2, 0.25) is 0 Å². The van der Waals surface area contributed by atoms with Crippen molar-refractivity contribution in [1.29, 1.82) is 0 Å². The quantitative estimate of drug-likeness (QED) is 0.0221. The number of guanidine groups is 1. The molecule has 1 saturated heterocycles.